The number of aromatic nitrogens is 2. The van der Waals surface area contributed by atoms with Crippen LogP contribution in [0.3, 0.4) is 0 Å². The Labute approximate surface area is 135 Å². The zero-order valence-electron chi connectivity index (χ0n) is 13.3. The van der Waals surface area contributed by atoms with Gasteiger partial charge < -0.3 is 20.5 Å². The lowest BCUT2D eigenvalue weighted by atomic mass is 10.1. The molecule has 1 heterocycles. The summed E-state index contributed by atoms with van der Waals surface area (Å²) in [5.74, 6) is -0.0149. The summed E-state index contributed by atoms with van der Waals surface area (Å²) in [4.78, 5) is 32.2. The largest absolute Gasteiger partial charge is 0.349 e. The molecule has 2 aromatic rings. The van der Waals surface area contributed by atoms with Gasteiger partial charge in [-0.3, -0.25) is 4.79 Å². The second kappa shape index (κ2) is 7.98. The van der Waals surface area contributed by atoms with E-state index in [1.165, 1.54) is 4.90 Å². The second-order valence-electron chi connectivity index (χ2n) is 5.33. The Hall–Kier alpha value is -2.83. The topological polar surface area (TPSA) is 90.1 Å². The number of carbonyl (C=O) groups is 2. The van der Waals surface area contributed by atoms with E-state index in [0.717, 1.165) is 11.3 Å². The summed E-state index contributed by atoms with van der Waals surface area (Å²) in [7, 11) is 3.42. The zero-order valence-corrected chi connectivity index (χ0v) is 13.3. The van der Waals surface area contributed by atoms with Gasteiger partial charge >= 0.3 is 6.03 Å². The first-order valence-corrected chi connectivity index (χ1v) is 7.36. The molecule has 0 aliphatic carbocycles. The number of imidazole rings is 1. The van der Waals surface area contributed by atoms with Crippen LogP contribution >= 0.6 is 0 Å². The lowest BCUT2D eigenvalue weighted by molar-refractivity contribution is -0.127. The molecule has 0 aliphatic heterocycles. The molecule has 23 heavy (non-hydrogen) atoms. The van der Waals surface area contributed by atoms with Gasteiger partial charge in [0.25, 0.3) is 0 Å². The molecule has 1 aromatic heterocycles. The molecule has 0 bridgehead atoms. The molecule has 2 rings (SSSR count). The van der Waals surface area contributed by atoms with Crippen LogP contribution in [0, 0.1) is 0 Å². The SMILES string of the molecule is CN(C)C(=O)Cc1ccccc1NC(=O)NCCc1cnc[nH]1. The van der Waals surface area contributed by atoms with E-state index < -0.39 is 0 Å². The van der Waals surface area contributed by atoms with Crippen LogP contribution in [0.15, 0.2) is 36.8 Å². The van der Waals surface area contributed by atoms with Gasteiger partial charge in [-0.2, -0.15) is 0 Å². The van der Waals surface area contributed by atoms with Crippen molar-refractivity contribution < 1.29 is 9.59 Å². The van der Waals surface area contributed by atoms with Gasteiger partial charge in [0.05, 0.1) is 12.7 Å². The Morgan fingerprint density at radius 2 is 2.04 bits per heavy atom. The Morgan fingerprint density at radius 3 is 2.74 bits per heavy atom. The molecule has 0 radical (unpaired) electrons. The van der Waals surface area contributed by atoms with E-state index in [-0.39, 0.29) is 18.4 Å². The van der Waals surface area contributed by atoms with Crippen LogP contribution in [0.1, 0.15) is 11.3 Å². The highest BCUT2D eigenvalue weighted by Gasteiger charge is 2.11. The van der Waals surface area contributed by atoms with Crippen LogP contribution in [0.25, 0.3) is 0 Å². The molecule has 0 saturated carbocycles. The van der Waals surface area contributed by atoms with Crippen LogP contribution in [0.2, 0.25) is 0 Å². The van der Waals surface area contributed by atoms with Crippen molar-refractivity contribution in [3.8, 4) is 0 Å². The number of benzene rings is 1. The highest BCUT2D eigenvalue weighted by Crippen LogP contribution is 2.16. The molecule has 0 fully saturated rings. The molecular weight excluding hydrogens is 294 g/mol. The number of carbonyl (C=O) groups excluding carboxylic acids is 2. The minimum Gasteiger partial charge on any atom is -0.349 e. The van der Waals surface area contributed by atoms with Gasteiger partial charge in [0.15, 0.2) is 0 Å². The fraction of sp³-hybridized carbons (Fsp3) is 0.312. The van der Waals surface area contributed by atoms with Gasteiger partial charge in [-0.25, -0.2) is 9.78 Å². The number of nitrogens with one attached hydrogen (secondary N) is 3. The summed E-state index contributed by atoms with van der Waals surface area (Å²) in [5, 5.41) is 5.57. The minimum atomic E-state index is -0.297. The minimum absolute atomic E-state index is 0.0149. The normalized spacial score (nSPS) is 10.2. The van der Waals surface area contributed by atoms with Crippen LogP contribution in [0.4, 0.5) is 10.5 Å². The van der Waals surface area contributed by atoms with Crippen LogP contribution in [-0.2, 0) is 17.6 Å². The Kier molecular flexibility index (Phi) is 5.74. The van der Waals surface area contributed by atoms with Crippen LogP contribution < -0.4 is 10.6 Å². The summed E-state index contributed by atoms with van der Waals surface area (Å²) in [6.45, 7) is 0.493. The van der Waals surface area contributed by atoms with Crippen molar-refractivity contribution in [2.45, 2.75) is 12.8 Å². The number of rotatable bonds is 6. The zero-order chi connectivity index (χ0) is 16.7. The first-order valence-electron chi connectivity index (χ1n) is 7.36. The van der Waals surface area contributed by atoms with Crippen molar-refractivity contribution >= 4 is 17.6 Å². The number of H-pyrrole nitrogens is 1. The third-order valence-corrected chi connectivity index (χ3v) is 3.34. The molecule has 3 amide bonds. The lowest BCUT2D eigenvalue weighted by Crippen LogP contribution is -2.31. The van der Waals surface area contributed by atoms with Gasteiger partial charge in [-0.15, -0.1) is 0 Å². The molecule has 7 heteroatoms. The maximum absolute atomic E-state index is 12.0. The molecule has 0 spiro atoms. The summed E-state index contributed by atoms with van der Waals surface area (Å²) in [6.07, 6.45) is 4.25. The highest BCUT2D eigenvalue weighted by atomic mass is 16.2. The third kappa shape index (κ3) is 5.14. The van der Waals surface area contributed by atoms with E-state index in [1.807, 2.05) is 18.2 Å². The van der Waals surface area contributed by atoms with E-state index in [2.05, 4.69) is 20.6 Å². The second-order valence-corrected chi connectivity index (χ2v) is 5.33. The molecule has 7 nitrogen and oxygen atoms in total. The first-order chi connectivity index (χ1) is 11.1. The number of aromatic amines is 1. The van der Waals surface area contributed by atoms with Crippen molar-refractivity contribution in [1.82, 2.24) is 20.2 Å². The van der Waals surface area contributed by atoms with Crippen molar-refractivity contribution in [3.63, 3.8) is 0 Å². The lowest BCUT2D eigenvalue weighted by Gasteiger charge is -2.14. The molecule has 0 atom stereocenters. The predicted molar refractivity (Wildman–Crippen MR) is 88.2 cm³/mol. The molecule has 1 aromatic carbocycles. The van der Waals surface area contributed by atoms with Crippen molar-refractivity contribution in [1.29, 1.82) is 0 Å². The highest BCUT2D eigenvalue weighted by molar-refractivity contribution is 5.91. The fourth-order valence-corrected chi connectivity index (χ4v) is 2.02. The number of urea groups is 1. The van der Waals surface area contributed by atoms with Gasteiger partial charge in [-0.1, -0.05) is 18.2 Å². The molecule has 3 N–H and O–H groups in total. The van der Waals surface area contributed by atoms with E-state index >= 15 is 0 Å². The molecule has 0 saturated heterocycles. The van der Waals surface area contributed by atoms with Crippen molar-refractivity contribution in [2.24, 2.45) is 0 Å². The Balaban J connectivity index is 1.88. The van der Waals surface area contributed by atoms with Crippen molar-refractivity contribution in [3.05, 3.63) is 48.0 Å². The molecule has 0 unspecified atom stereocenters. The number of anilines is 1. The number of hydrogen-bond acceptors (Lipinski definition) is 3. The van der Waals surface area contributed by atoms with Gasteiger partial charge in [0, 0.05) is 44.6 Å². The van der Waals surface area contributed by atoms with Gasteiger partial charge in [-0.05, 0) is 11.6 Å². The van der Waals surface area contributed by atoms with Crippen LogP contribution in [-0.4, -0.2) is 47.4 Å². The predicted octanol–water partition coefficient (Wildman–Crippen LogP) is 1.40. The van der Waals surface area contributed by atoms with Gasteiger partial charge in [0.1, 0.15) is 0 Å². The monoisotopic (exact) mass is 315 g/mol. The van der Waals surface area contributed by atoms with E-state index in [1.54, 1.807) is 32.7 Å². The number of hydrogen-bond donors (Lipinski definition) is 3. The van der Waals surface area contributed by atoms with Gasteiger partial charge in [0.2, 0.25) is 5.91 Å². The summed E-state index contributed by atoms with van der Waals surface area (Å²) in [5.41, 5.74) is 2.39. The maximum atomic E-state index is 12.0. The average Bonchev–Trinajstić information content (AvgIpc) is 3.02. The quantitative estimate of drug-likeness (QED) is 0.753. The van der Waals surface area contributed by atoms with E-state index in [9.17, 15) is 9.59 Å². The smallest absolute Gasteiger partial charge is 0.319 e. The number of likely N-dealkylation sites (N-methyl/N-ethyl adjacent to an activating group) is 1. The summed E-state index contributed by atoms with van der Waals surface area (Å²) < 4.78 is 0. The molecule has 0 aliphatic rings. The van der Waals surface area contributed by atoms with Crippen LogP contribution in [0.5, 0.6) is 0 Å². The third-order valence-electron chi connectivity index (χ3n) is 3.34. The molecule has 122 valence electrons. The number of para-hydroxylation sites is 1. The standard InChI is InChI=1S/C16H21N5O2/c1-21(2)15(22)9-12-5-3-4-6-14(12)20-16(23)18-8-7-13-10-17-11-19-13/h3-6,10-11H,7-9H2,1-2H3,(H,17,19)(H2,18,20,23). The maximum Gasteiger partial charge on any atom is 0.319 e. The Bertz CT molecular complexity index is 652. The first kappa shape index (κ1) is 16.5. The Morgan fingerprint density at radius 1 is 1.26 bits per heavy atom. The fourth-order valence-electron chi connectivity index (χ4n) is 2.02. The summed E-state index contributed by atoms with van der Waals surface area (Å²) >= 11 is 0. The molecular formula is C16H21N5O2. The average molecular weight is 315 g/mol. The summed E-state index contributed by atoms with van der Waals surface area (Å²) in [6, 6.07) is 6.99. The van der Waals surface area contributed by atoms with E-state index in [4.69, 9.17) is 0 Å². The van der Waals surface area contributed by atoms with E-state index in [0.29, 0.717) is 18.7 Å². The number of nitrogens with zero attached hydrogens (tertiary/aromatic N) is 2. The number of amides is 3. The van der Waals surface area contributed by atoms with Crippen molar-refractivity contribution in [2.75, 3.05) is 26.0 Å².